The van der Waals surface area contributed by atoms with Crippen LogP contribution in [0.1, 0.15) is 5.56 Å². The van der Waals surface area contributed by atoms with Crippen molar-refractivity contribution in [1.82, 2.24) is 0 Å². The van der Waals surface area contributed by atoms with Gasteiger partial charge in [-0.3, -0.25) is 0 Å². The summed E-state index contributed by atoms with van der Waals surface area (Å²) in [5.74, 6) is 2.18. The van der Waals surface area contributed by atoms with Gasteiger partial charge in [0.2, 0.25) is 0 Å². The first kappa shape index (κ1) is 14.6. The van der Waals surface area contributed by atoms with Gasteiger partial charge in [0.05, 0.1) is 5.16 Å². The van der Waals surface area contributed by atoms with Crippen molar-refractivity contribution in [3.8, 4) is 11.1 Å². The van der Waals surface area contributed by atoms with Gasteiger partial charge < -0.3 is 0 Å². The summed E-state index contributed by atoms with van der Waals surface area (Å²) in [6.07, 6.45) is 0. The van der Waals surface area contributed by atoms with E-state index in [0.717, 1.165) is 16.5 Å². The van der Waals surface area contributed by atoms with E-state index >= 15 is 0 Å². The highest BCUT2D eigenvalue weighted by molar-refractivity contribution is 8.13. The Labute approximate surface area is 138 Å². The summed E-state index contributed by atoms with van der Waals surface area (Å²) in [6, 6.07) is 19.1. The molecular formula is C17H13NS3. The second-order valence-corrected chi connectivity index (χ2v) is 6.85. The van der Waals surface area contributed by atoms with Crippen LogP contribution in [0.3, 0.4) is 0 Å². The molecule has 0 fully saturated rings. The van der Waals surface area contributed by atoms with Gasteiger partial charge in [0.25, 0.3) is 0 Å². The highest BCUT2D eigenvalue weighted by atomic mass is 32.2. The Kier molecular flexibility index (Phi) is 4.94. The Bertz CT molecular complexity index is 699. The van der Waals surface area contributed by atoms with Crippen molar-refractivity contribution in [3.63, 3.8) is 0 Å². The molecule has 0 aromatic heterocycles. The van der Waals surface area contributed by atoms with Crippen LogP contribution in [0.25, 0.3) is 16.0 Å². The van der Waals surface area contributed by atoms with Crippen molar-refractivity contribution in [2.75, 3.05) is 11.5 Å². The van der Waals surface area contributed by atoms with Gasteiger partial charge in [-0.15, -0.1) is 23.5 Å². The molecule has 0 radical (unpaired) electrons. The lowest BCUT2D eigenvalue weighted by atomic mass is 10.0. The van der Waals surface area contributed by atoms with E-state index in [1.807, 2.05) is 17.8 Å². The molecule has 0 saturated heterocycles. The third-order valence-corrected chi connectivity index (χ3v) is 5.75. The molecule has 0 unspecified atom stereocenters. The van der Waals surface area contributed by atoms with Gasteiger partial charge >= 0.3 is 0 Å². The van der Waals surface area contributed by atoms with Gasteiger partial charge in [0, 0.05) is 16.4 Å². The van der Waals surface area contributed by atoms with Crippen LogP contribution in [0.4, 0.5) is 0 Å². The molecule has 2 aromatic carbocycles. The molecule has 21 heavy (non-hydrogen) atoms. The summed E-state index contributed by atoms with van der Waals surface area (Å²) in [5, 5.41) is 3.48. The number of thiocarbonyl (C=S) groups is 1. The summed E-state index contributed by atoms with van der Waals surface area (Å²) < 4.78 is 0. The van der Waals surface area contributed by atoms with Gasteiger partial charge in [-0.25, -0.2) is 0 Å². The molecule has 0 atom stereocenters. The van der Waals surface area contributed by atoms with E-state index in [1.54, 1.807) is 11.8 Å². The molecule has 0 aliphatic carbocycles. The van der Waals surface area contributed by atoms with Gasteiger partial charge in [-0.05, 0) is 28.9 Å². The topological polar surface area (TPSA) is 12.4 Å². The standard InChI is InChI=1S/C17H13NS3/c19-12-18-17-16(20-10-11-21-17)15-8-6-14(7-9-15)13-4-2-1-3-5-13/h1-9H,10-11H2. The summed E-state index contributed by atoms with van der Waals surface area (Å²) in [6.45, 7) is 0. The number of nitrogens with zero attached hydrogens (tertiary/aromatic N) is 1. The SMILES string of the molecule is S=C=NC1=C(c2ccc(-c3ccccc3)cc2)SCCS1. The van der Waals surface area contributed by atoms with Crippen LogP contribution < -0.4 is 0 Å². The highest BCUT2D eigenvalue weighted by Crippen LogP contribution is 2.41. The number of thioether (sulfide) groups is 2. The molecule has 104 valence electrons. The quantitative estimate of drug-likeness (QED) is 0.540. The number of isothiocyanates is 1. The first-order valence-corrected chi connectivity index (χ1v) is 9.00. The van der Waals surface area contributed by atoms with Crippen LogP contribution in [-0.4, -0.2) is 16.7 Å². The van der Waals surface area contributed by atoms with Crippen LogP contribution in [0.15, 0.2) is 64.6 Å². The van der Waals surface area contributed by atoms with Crippen LogP contribution >= 0.6 is 35.7 Å². The van der Waals surface area contributed by atoms with Crippen LogP contribution in [0.5, 0.6) is 0 Å². The Balaban J connectivity index is 1.95. The second kappa shape index (κ2) is 7.10. The number of aliphatic imine (C=N–C) groups is 1. The maximum Gasteiger partial charge on any atom is 0.121 e. The monoisotopic (exact) mass is 327 g/mol. The molecule has 1 aliphatic rings. The number of hydrogen-bond acceptors (Lipinski definition) is 4. The van der Waals surface area contributed by atoms with E-state index in [4.69, 9.17) is 12.2 Å². The third-order valence-electron chi connectivity index (χ3n) is 3.16. The summed E-state index contributed by atoms with van der Waals surface area (Å²) in [5.41, 5.74) is 3.67. The summed E-state index contributed by atoms with van der Waals surface area (Å²) >= 11 is 8.35. The fraction of sp³-hybridized carbons (Fsp3) is 0.118. The smallest absolute Gasteiger partial charge is 0.121 e. The first-order chi connectivity index (χ1) is 10.4. The van der Waals surface area contributed by atoms with Gasteiger partial charge in [0.1, 0.15) is 5.03 Å². The minimum absolute atomic E-state index is 0.994. The van der Waals surface area contributed by atoms with Crippen molar-refractivity contribution in [1.29, 1.82) is 0 Å². The zero-order valence-electron chi connectivity index (χ0n) is 11.3. The second-order valence-electron chi connectivity index (χ2n) is 4.48. The van der Waals surface area contributed by atoms with E-state index in [2.05, 4.69) is 58.7 Å². The highest BCUT2D eigenvalue weighted by Gasteiger charge is 2.15. The molecule has 2 aromatic rings. The number of benzene rings is 2. The largest absolute Gasteiger partial charge is 0.186 e. The molecule has 1 heterocycles. The predicted molar refractivity (Wildman–Crippen MR) is 98.7 cm³/mol. The van der Waals surface area contributed by atoms with E-state index in [-0.39, 0.29) is 0 Å². The molecule has 4 heteroatoms. The average molecular weight is 327 g/mol. The molecular weight excluding hydrogens is 314 g/mol. The van der Waals surface area contributed by atoms with Crippen molar-refractivity contribution >= 4 is 45.8 Å². The average Bonchev–Trinajstić information content (AvgIpc) is 2.57. The Morgan fingerprint density at radius 1 is 0.810 bits per heavy atom. The Hall–Kier alpha value is -1.32. The maximum atomic E-state index is 4.75. The molecule has 0 N–H and O–H groups in total. The zero-order valence-corrected chi connectivity index (χ0v) is 13.7. The third kappa shape index (κ3) is 3.47. The molecule has 1 nitrogen and oxygen atoms in total. The van der Waals surface area contributed by atoms with E-state index in [1.165, 1.54) is 21.6 Å². The van der Waals surface area contributed by atoms with Crippen LogP contribution in [0, 0.1) is 0 Å². The molecule has 0 saturated carbocycles. The van der Waals surface area contributed by atoms with Crippen LogP contribution in [-0.2, 0) is 0 Å². The molecule has 3 rings (SSSR count). The summed E-state index contributed by atoms with van der Waals surface area (Å²) in [4.78, 5) is 5.42. The maximum absolute atomic E-state index is 4.75. The van der Waals surface area contributed by atoms with Gasteiger partial charge in [-0.2, -0.15) is 4.99 Å². The Morgan fingerprint density at radius 3 is 2.14 bits per heavy atom. The van der Waals surface area contributed by atoms with Crippen molar-refractivity contribution in [3.05, 3.63) is 65.2 Å². The Morgan fingerprint density at radius 2 is 1.43 bits per heavy atom. The van der Waals surface area contributed by atoms with E-state index in [9.17, 15) is 0 Å². The fourth-order valence-electron chi connectivity index (χ4n) is 2.19. The lowest BCUT2D eigenvalue weighted by Gasteiger charge is -2.16. The zero-order chi connectivity index (χ0) is 14.5. The fourth-order valence-corrected chi connectivity index (χ4v) is 4.58. The molecule has 0 amide bonds. The van der Waals surface area contributed by atoms with Crippen molar-refractivity contribution in [2.24, 2.45) is 4.99 Å². The first-order valence-electron chi connectivity index (χ1n) is 6.62. The van der Waals surface area contributed by atoms with E-state index < -0.39 is 0 Å². The van der Waals surface area contributed by atoms with Crippen molar-refractivity contribution < 1.29 is 0 Å². The van der Waals surface area contributed by atoms with Gasteiger partial charge in [0.15, 0.2) is 0 Å². The number of hydrogen-bond donors (Lipinski definition) is 0. The van der Waals surface area contributed by atoms with Gasteiger partial charge in [-0.1, -0.05) is 54.6 Å². The lowest BCUT2D eigenvalue weighted by Crippen LogP contribution is -1.96. The molecule has 0 bridgehead atoms. The van der Waals surface area contributed by atoms with Crippen molar-refractivity contribution in [2.45, 2.75) is 0 Å². The molecule has 0 spiro atoms. The predicted octanol–water partition coefficient (Wildman–Crippen LogP) is 5.56. The summed E-state index contributed by atoms with van der Waals surface area (Å²) in [7, 11) is 0. The molecule has 1 aliphatic heterocycles. The normalized spacial score (nSPS) is 14.7. The minimum Gasteiger partial charge on any atom is -0.186 e. The van der Waals surface area contributed by atoms with E-state index in [0.29, 0.717) is 0 Å². The number of rotatable bonds is 3. The van der Waals surface area contributed by atoms with Crippen LogP contribution in [0.2, 0.25) is 0 Å². The minimum atomic E-state index is 0.994. The lowest BCUT2D eigenvalue weighted by molar-refractivity contribution is 1.49.